The summed E-state index contributed by atoms with van der Waals surface area (Å²) in [6, 6.07) is 4.26. The summed E-state index contributed by atoms with van der Waals surface area (Å²) < 4.78 is 10.3. The molecule has 1 rings (SSSR count). The normalized spacial score (nSPS) is 13.4. The van der Waals surface area contributed by atoms with Gasteiger partial charge in [0.05, 0.1) is 5.02 Å². The SMILES string of the molecule is CC(Oc1ccc(Cl)c(OC(C)C(=O)O)c1)C(=O)O. The van der Waals surface area contributed by atoms with Gasteiger partial charge in [0.15, 0.2) is 12.2 Å². The van der Waals surface area contributed by atoms with Crippen molar-refractivity contribution >= 4 is 23.5 Å². The molecule has 0 saturated heterocycles. The summed E-state index contributed by atoms with van der Waals surface area (Å²) in [6.07, 6.45) is -2.12. The van der Waals surface area contributed by atoms with Crippen LogP contribution in [0.2, 0.25) is 5.02 Å². The molecule has 104 valence electrons. The average Bonchev–Trinajstić information content (AvgIpc) is 2.32. The van der Waals surface area contributed by atoms with Crippen LogP contribution < -0.4 is 9.47 Å². The predicted octanol–water partition coefficient (Wildman–Crippen LogP) is 2.04. The Morgan fingerprint density at radius 2 is 1.63 bits per heavy atom. The molecule has 0 bridgehead atoms. The van der Waals surface area contributed by atoms with Crippen molar-refractivity contribution in [1.82, 2.24) is 0 Å². The van der Waals surface area contributed by atoms with E-state index in [0.717, 1.165) is 0 Å². The molecule has 1 aromatic rings. The number of carboxylic acid groups (broad SMARTS) is 2. The number of benzene rings is 1. The zero-order chi connectivity index (χ0) is 14.6. The third kappa shape index (κ3) is 4.33. The smallest absolute Gasteiger partial charge is 0.344 e. The third-order valence-electron chi connectivity index (χ3n) is 2.21. The minimum atomic E-state index is -1.14. The molecule has 0 spiro atoms. The molecule has 1 aromatic carbocycles. The quantitative estimate of drug-likeness (QED) is 0.832. The first-order valence-corrected chi connectivity index (χ1v) is 5.77. The molecule has 0 aliphatic heterocycles. The Morgan fingerprint density at radius 3 is 2.16 bits per heavy atom. The van der Waals surface area contributed by atoms with E-state index in [-0.39, 0.29) is 16.5 Å². The summed E-state index contributed by atoms with van der Waals surface area (Å²) in [5.74, 6) is -1.91. The summed E-state index contributed by atoms with van der Waals surface area (Å²) in [7, 11) is 0. The van der Waals surface area contributed by atoms with E-state index in [1.165, 1.54) is 32.0 Å². The molecule has 7 heteroatoms. The Bertz CT molecular complexity index is 487. The van der Waals surface area contributed by atoms with E-state index in [1.54, 1.807) is 0 Å². The van der Waals surface area contributed by atoms with Gasteiger partial charge in [0.25, 0.3) is 0 Å². The van der Waals surface area contributed by atoms with Gasteiger partial charge in [-0.25, -0.2) is 9.59 Å². The molecule has 0 aromatic heterocycles. The minimum Gasteiger partial charge on any atom is -0.479 e. The largest absolute Gasteiger partial charge is 0.479 e. The summed E-state index contributed by atoms with van der Waals surface area (Å²) in [4.78, 5) is 21.4. The number of ether oxygens (including phenoxy) is 2. The maximum atomic E-state index is 10.7. The topological polar surface area (TPSA) is 93.1 Å². The molecule has 0 aliphatic rings. The van der Waals surface area contributed by atoms with Gasteiger partial charge in [0.2, 0.25) is 0 Å². The number of halogens is 1. The predicted molar refractivity (Wildman–Crippen MR) is 66.9 cm³/mol. The fraction of sp³-hybridized carbons (Fsp3) is 0.333. The van der Waals surface area contributed by atoms with Crippen molar-refractivity contribution in [3.05, 3.63) is 23.2 Å². The monoisotopic (exact) mass is 288 g/mol. The maximum Gasteiger partial charge on any atom is 0.344 e. The highest BCUT2D eigenvalue weighted by atomic mass is 35.5. The van der Waals surface area contributed by atoms with Crippen LogP contribution in [-0.4, -0.2) is 34.4 Å². The second-order valence-electron chi connectivity index (χ2n) is 3.79. The van der Waals surface area contributed by atoms with Gasteiger partial charge in [0, 0.05) is 6.07 Å². The minimum absolute atomic E-state index is 0.117. The van der Waals surface area contributed by atoms with E-state index in [2.05, 4.69) is 0 Å². The summed E-state index contributed by atoms with van der Waals surface area (Å²) >= 11 is 5.85. The summed E-state index contributed by atoms with van der Waals surface area (Å²) in [6.45, 7) is 2.73. The van der Waals surface area contributed by atoms with Gasteiger partial charge in [-0.2, -0.15) is 0 Å². The van der Waals surface area contributed by atoms with Gasteiger partial charge in [-0.15, -0.1) is 0 Å². The van der Waals surface area contributed by atoms with Gasteiger partial charge in [-0.1, -0.05) is 11.6 Å². The van der Waals surface area contributed by atoms with Crippen LogP contribution >= 0.6 is 11.6 Å². The van der Waals surface area contributed by atoms with E-state index >= 15 is 0 Å². The molecular formula is C12H13ClO6. The second-order valence-corrected chi connectivity index (χ2v) is 4.20. The van der Waals surface area contributed by atoms with Crippen molar-refractivity contribution in [2.24, 2.45) is 0 Å². The number of hydrogen-bond donors (Lipinski definition) is 2. The highest BCUT2D eigenvalue weighted by Gasteiger charge is 2.17. The van der Waals surface area contributed by atoms with Crippen molar-refractivity contribution in [2.75, 3.05) is 0 Å². The van der Waals surface area contributed by atoms with Crippen molar-refractivity contribution in [1.29, 1.82) is 0 Å². The maximum absolute atomic E-state index is 10.7. The first-order valence-electron chi connectivity index (χ1n) is 5.39. The van der Waals surface area contributed by atoms with Crippen LogP contribution in [0.4, 0.5) is 0 Å². The van der Waals surface area contributed by atoms with Gasteiger partial charge >= 0.3 is 11.9 Å². The van der Waals surface area contributed by atoms with Gasteiger partial charge in [-0.05, 0) is 26.0 Å². The fourth-order valence-corrected chi connectivity index (χ4v) is 1.30. The number of rotatable bonds is 6. The molecule has 2 N–H and O–H groups in total. The van der Waals surface area contributed by atoms with E-state index in [1.807, 2.05) is 0 Å². The highest BCUT2D eigenvalue weighted by molar-refractivity contribution is 6.32. The van der Waals surface area contributed by atoms with E-state index < -0.39 is 24.1 Å². The van der Waals surface area contributed by atoms with Gasteiger partial charge < -0.3 is 19.7 Å². The lowest BCUT2D eigenvalue weighted by Crippen LogP contribution is -2.24. The lowest BCUT2D eigenvalue weighted by Gasteiger charge is -2.15. The van der Waals surface area contributed by atoms with Crippen LogP contribution in [0.25, 0.3) is 0 Å². The Labute approximate surface area is 114 Å². The van der Waals surface area contributed by atoms with Gasteiger partial charge in [0.1, 0.15) is 11.5 Å². The van der Waals surface area contributed by atoms with Crippen LogP contribution in [0, 0.1) is 0 Å². The molecule has 6 nitrogen and oxygen atoms in total. The van der Waals surface area contributed by atoms with Crippen molar-refractivity contribution in [2.45, 2.75) is 26.1 Å². The standard InChI is InChI=1S/C12H13ClO6/c1-6(11(14)15)18-8-3-4-9(13)10(5-8)19-7(2)12(16)17/h3-7H,1-2H3,(H,14,15)(H,16,17). The molecule has 0 saturated carbocycles. The lowest BCUT2D eigenvalue weighted by atomic mass is 10.3. The second kappa shape index (κ2) is 6.29. The van der Waals surface area contributed by atoms with Crippen LogP contribution in [0.1, 0.15) is 13.8 Å². The Kier molecular flexibility index (Phi) is 5.00. The molecule has 0 amide bonds. The van der Waals surface area contributed by atoms with Crippen molar-refractivity contribution in [3.8, 4) is 11.5 Å². The van der Waals surface area contributed by atoms with Crippen molar-refractivity contribution < 1.29 is 29.3 Å². The van der Waals surface area contributed by atoms with Crippen LogP contribution in [0.15, 0.2) is 18.2 Å². The Morgan fingerprint density at radius 1 is 1.11 bits per heavy atom. The van der Waals surface area contributed by atoms with Crippen molar-refractivity contribution in [3.63, 3.8) is 0 Å². The fourth-order valence-electron chi connectivity index (χ4n) is 1.14. The zero-order valence-electron chi connectivity index (χ0n) is 10.3. The number of carboxylic acids is 2. The Hall–Kier alpha value is -1.95. The lowest BCUT2D eigenvalue weighted by molar-refractivity contribution is -0.144. The molecular weight excluding hydrogens is 276 g/mol. The number of aliphatic carboxylic acids is 2. The molecule has 0 heterocycles. The first kappa shape index (κ1) is 15.1. The van der Waals surface area contributed by atoms with E-state index in [9.17, 15) is 9.59 Å². The molecule has 2 atom stereocenters. The summed E-state index contributed by atoms with van der Waals surface area (Å²) in [5, 5.41) is 17.7. The van der Waals surface area contributed by atoms with E-state index in [4.69, 9.17) is 31.3 Å². The molecule has 2 unspecified atom stereocenters. The van der Waals surface area contributed by atoms with E-state index in [0.29, 0.717) is 0 Å². The van der Waals surface area contributed by atoms with Gasteiger partial charge in [-0.3, -0.25) is 0 Å². The number of hydrogen-bond acceptors (Lipinski definition) is 4. The molecule has 19 heavy (non-hydrogen) atoms. The molecule has 0 aliphatic carbocycles. The number of carbonyl (C=O) groups is 2. The average molecular weight is 289 g/mol. The van der Waals surface area contributed by atoms with Crippen LogP contribution in [0.5, 0.6) is 11.5 Å². The summed E-state index contributed by atoms with van der Waals surface area (Å²) in [5.41, 5.74) is 0. The van der Waals surface area contributed by atoms with Crippen LogP contribution in [0.3, 0.4) is 0 Å². The Balaban J connectivity index is 2.88. The highest BCUT2D eigenvalue weighted by Crippen LogP contribution is 2.30. The third-order valence-corrected chi connectivity index (χ3v) is 2.53. The zero-order valence-corrected chi connectivity index (χ0v) is 11.0. The first-order chi connectivity index (χ1) is 8.81. The molecule has 0 fully saturated rings. The molecule has 0 radical (unpaired) electrons. The van der Waals surface area contributed by atoms with Crippen LogP contribution in [-0.2, 0) is 9.59 Å².